The van der Waals surface area contributed by atoms with Gasteiger partial charge in [-0.3, -0.25) is 4.79 Å². The number of H-pyrrole nitrogens is 1. The average Bonchev–Trinajstić information content (AvgIpc) is 2.87. The molecule has 0 radical (unpaired) electrons. The van der Waals surface area contributed by atoms with Crippen LogP contribution < -0.4 is 5.32 Å². The second-order valence-electron chi connectivity index (χ2n) is 4.64. The van der Waals surface area contributed by atoms with Crippen LogP contribution in [-0.2, 0) is 17.6 Å². The van der Waals surface area contributed by atoms with Gasteiger partial charge in [0, 0.05) is 18.5 Å². The Hall–Kier alpha value is -2.14. The number of aromatic amines is 1. The lowest BCUT2D eigenvalue weighted by Crippen LogP contribution is -2.18. The summed E-state index contributed by atoms with van der Waals surface area (Å²) < 4.78 is 0. The number of fused-ring (bicyclic) bond motifs is 1. The van der Waals surface area contributed by atoms with Crippen molar-refractivity contribution in [1.29, 1.82) is 0 Å². The van der Waals surface area contributed by atoms with Crippen molar-refractivity contribution in [3.63, 3.8) is 0 Å². The van der Waals surface area contributed by atoms with Gasteiger partial charge in [0.15, 0.2) is 0 Å². The summed E-state index contributed by atoms with van der Waals surface area (Å²) in [4.78, 5) is 18.7. The largest absolute Gasteiger partial charge is 0.396 e. The molecule has 0 saturated heterocycles. The Morgan fingerprint density at radius 1 is 1.32 bits per heavy atom. The first-order valence-electron chi connectivity index (χ1n) is 6.34. The third-order valence-corrected chi connectivity index (χ3v) is 3.29. The van der Waals surface area contributed by atoms with E-state index in [1.807, 2.05) is 12.1 Å². The molecule has 0 atom stereocenters. The minimum atomic E-state index is 0.0759. The maximum atomic E-state index is 11.3. The minimum absolute atomic E-state index is 0.0759. The number of hydrogen-bond acceptors (Lipinski definition) is 3. The summed E-state index contributed by atoms with van der Waals surface area (Å²) in [5, 5.41) is 11.7. The number of hydrogen-bond donors (Lipinski definition) is 3. The van der Waals surface area contributed by atoms with Crippen molar-refractivity contribution >= 4 is 11.6 Å². The number of rotatable bonds is 3. The predicted molar refractivity (Wildman–Crippen MR) is 71.8 cm³/mol. The molecule has 2 aromatic rings. The molecule has 98 valence electrons. The molecule has 5 nitrogen and oxygen atoms in total. The number of nitrogens with one attached hydrogen (secondary N) is 2. The Morgan fingerprint density at radius 3 is 3.05 bits per heavy atom. The molecule has 1 amide bonds. The molecule has 5 heteroatoms. The van der Waals surface area contributed by atoms with Crippen molar-refractivity contribution in [2.45, 2.75) is 19.3 Å². The number of aryl methyl sites for hydroxylation is 1. The highest BCUT2D eigenvalue weighted by atomic mass is 16.3. The number of aliphatic hydroxyl groups excluding tert-OH is 1. The highest BCUT2D eigenvalue weighted by Crippen LogP contribution is 2.27. The quantitative estimate of drug-likeness (QED) is 0.779. The topological polar surface area (TPSA) is 78.0 Å². The monoisotopic (exact) mass is 257 g/mol. The molecule has 1 aliphatic rings. The minimum Gasteiger partial charge on any atom is -0.396 e. The van der Waals surface area contributed by atoms with E-state index in [4.69, 9.17) is 5.11 Å². The van der Waals surface area contributed by atoms with E-state index >= 15 is 0 Å². The van der Waals surface area contributed by atoms with Gasteiger partial charge in [0.05, 0.1) is 18.5 Å². The molecule has 1 aliphatic heterocycles. The maximum absolute atomic E-state index is 11.3. The zero-order valence-electron chi connectivity index (χ0n) is 10.4. The molecule has 0 unspecified atom stereocenters. The molecule has 0 aliphatic carbocycles. The Morgan fingerprint density at radius 2 is 2.21 bits per heavy atom. The van der Waals surface area contributed by atoms with E-state index in [-0.39, 0.29) is 12.5 Å². The van der Waals surface area contributed by atoms with Crippen LogP contribution in [0.5, 0.6) is 0 Å². The number of imidazole rings is 1. The SMILES string of the molecule is O=C1CCc2cc(-c3cnc(CCO)[nH]3)ccc2N1. The van der Waals surface area contributed by atoms with Gasteiger partial charge in [-0.2, -0.15) is 0 Å². The third-order valence-electron chi connectivity index (χ3n) is 3.29. The molecule has 0 bridgehead atoms. The number of carbonyl (C=O) groups excluding carboxylic acids is 1. The van der Waals surface area contributed by atoms with Crippen molar-refractivity contribution in [3.8, 4) is 11.3 Å². The van der Waals surface area contributed by atoms with Gasteiger partial charge in [0.1, 0.15) is 5.82 Å². The summed E-state index contributed by atoms with van der Waals surface area (Å²) in [6.45, 7) is 0.0865. The summed E-state index contributed by atoms with van der Waals surface area (Å²) in [6, 6.07) is 5.96. The van der Waals surface area contributed by atoms with Crippen molar-refractivity contribution in [2.24, 2.45) is 0 Å². The molecule has 0 saturated carbocycles. The first kappa shape index (κ1) is 11.9. The molecule has 3 rings (SSSR count). The number of benzene rings is 1. The Kier molecular flexibility index (Phi) is 3.05. The van der Waals surface area contributed by atoms with Gasteiger partial charge < -0.3 is 15.4 Å². The lowest BCUT2D eigenvalue weighted by Gasteiger charge is -2.17. The molecular formula is C14H15N3O2. The molecule has 1 aromatic heterocycles. The van der Waals surface area contributed by atoms with Gasteiger partial charge in [-0.25, -0.2) is 4.98 Å². The van der Waals surface area contributed by atoms with E-state index in [1.54, 1.807) is 6.20 Å². The lowest BCUT2D eigenvalue weighted by atomic mass is 9.99. The molecule has 0 fully saturated rings. The van der Waals surface area contributed by atoms with Gasteiger partial charge in [-0.1, -0.05) is 6.07 Å². The number of nitrogens with zero attached hydrogens (tertiary/aromatic N) is 1. The van der Waals surface area contributed by atoms with Crippen LogP contribution in [0, 0.1) is 0 Å². The highest BCUT2D eigenvalue weighted by Gasteiger charge is 2.15. The number of amides is 1. The van der Waals surface area contributed by atoms with Crippen LogP contribution in [0.3, 0.4) is 0 Å². The summed E-state index contributed by atoms with van der Waals surface area (Å²) >= 11 is 0. The van der Waals surface area contributed by atoms with Crippen LogP contribution in [-0.4, -0.2) is 27.6 Å². The summed E-state index contributed by atoms with van der Waals surface area (Å²) in [5.74, 6) is 0.857. The maximum Gasteiger partial charge on any atom is 0.224 e. The second-order valence-corrected chi connectivity index (χ2v) is 4.64. The van der Waals surface area contributed by atoms with E-state index in [2.05, 4.69) is 21.4 Å². The van der Waals surface area contributed by atoms with Crippen LogP contribution in [0.1, 0.15) is 17.8 Å². The normalized spacial score (nSPS) is 14.1. The first-order valence-corrected chi connectivity index (χ1v) is 6.34. The van der Waals surface area contributed by atoms with Crippen molar-refractivity contribution < 1.29 is 9.90 Å². The van der Waals surface area contributed by atoms with Gasteiger partial charge >= 0.3 is 0 Å². The summed E-state index contributed by atoms with van der Waals surface area (Å²) in [5.41, 5.74) is 4.03. The molecule has 0 spiro atoms. The smallest absolute Gasteiger partial charge is 0.224 e. The van der Waals surface area contributed by atoms with Gasteiger partial charge in [0.25, 0.3) is 0 Å². The number of aromatic nitrogens is 2. The fraction of sp³-hybridized carbons (Fsp3) is 0.286. The zero-order chi connectivity index (χ0) is 13.2. The van der Waals surface area contributed by atoms with Crippen LogP contribution in [0.2, 0.25) is 0 Å². The zero-order valence-corrected chi connectivity index (χ0v) is 10.4. The van der Waals surface area contributed by atoms with Crippen molar-refractivity contribution in [1.82, 2.24) is 9.97 Å². The van der Waals surface area contributed by atoms with E-state index in [9.17, 15) is 4.79 Å². The van der Waals surface area contributed by atoms with Crippen LogP contribution in [0.25, 0.3) is 11.3 Å². The fourth-order valence-corrected chi connectivity index (χ4v) is 2.29. The summed E-state index contributed by atoms with van der Waals surface area (Å²) in [7, 11) is 0. The fourth-order valence-electron chi connectivity index (χ4n) is 2.29. The van der Waals surface area contributed by atoms with Gasteiger partial charge in [-0.05, 0) is 29.7 Å². The first-order chi connectivity index (χ1) is 9.26. The van der Waals surface area contributed by atoms with Crippen molar-refractivity contribution in [3.05, 3.63) is 35.8 Å². The van der Waals surface area contributed by atoms with E-state index in [0.29, 0.717) is 12.8 Å². The highest BCUT2D eigenvalue weighted by molar-refractivity contribution is 5.94. The number of carbonyl (C=O) groups is 1. The molecule has 2 heterocycles. The van der Waals surface area contributed by atoms with Gasteiger partial charge in [-0.15, -0.1) is 0 Å². The van der Waals surface area contributed by atoms with Crippen LogP contribution in [0.15, 0.2) is 24.4 Å². The van der Waals surface area contributed by atoms with E-state index in [0.717, 1.165) is 34.8 Å². The number of anilines is 1. The molecular weight excluding hydrogens is 242 g/mol. The second kappa shape index (κ2) is 4.85. The third kappa shape index (κ3) is 2.37. The lowest BCUT2D eigenvalue weighted by molar-refractivity contribution is -0.116. The van der Waals surface area contributed by atoms with E-state index in [1.165, 1.54) is 0 Å². The molecule has 3 N–H and O–H groups in total. The van der Waals surface area contributed by atoms with Crippen LogP contribution >= 0.6 is 0 Å². The molecule has 1 aromatic carbocycles. The number of aliphatic hydroxyl groups is 1. The standard InChI is InChI=1S/C14H15N3O2/c18-6-5-13-15-8-12(16-13)10-1-3-11-9(7-10)2-4-14(19)17-11/h1,3,7-8,18H,2,4-6H2,(H,15,16)(H,17,19). The van der Waals surface area contributed by atoms with Crippen LogP contribution in [0.4, 0.5) is 5.69 Å². The van der Waals surface area contributed by atoms with Gasteiger partial charge in [0.2, 0.25) is 5.91 Å². The average molecular weight is 257 g/mol. The van der Waals surface area contributed by atoms with E-state index < -0.39 is 0 Å². The molecule has 19 heavy (non-hydrogen) atoms. The predicted octanol–water partition coefficient (Wildman–Crippen LogP) is 1.50. The summed E-state index contributed by atoms with van der Waals surface area (Å²) in [6.07, 6.45) is 3.61. The Balaban J connectivity index is 1.90. The van der Waals surface area contributed by atoms with Crippen molar-refractivity contribution in [2.75, 3.05) is 11.9 Å². The Bertz CT molecular complexity index is 619. The Labute approximate surface area is 110 Å².